The summed E-state index contributed by atoms with van der Waals surface area (Å²) in [7, 11) is -2.07. The quantitative estimate of drug-likeness (QED) is 0.173. The number of hydrogen-bond acceptors (Lipinski definition) is 3. The van der Waals surface area contributed by atoms with Crippen LogP contribution < -0.4 is 15.3 Å². The van der Waals surface area contributed by atoms with Crippen LogP contribution in [0.5, 0.6) is 0 Å². The van der Waals surface area contributed by atoms with E-state index in [1.54, 1.807) is 0 Å². The van der Waals surface area contributed by atoms with Crippen LogP contribution in [0.2, 0.25) is 13.1 Å². The van der Waals surface area contributed by atoms with Gasteiger partial charge in [-0.2, -0.15) is 0 Å². The van der Waals surface area contributed by atoms with Crippen LogP contribution in [0.3, 0.4) is 0 Å². The Morgan fingerprint density at radius 2 is 1.04 bits per heavy atom. The second kappa shape index (κ2) is 10.8. The third-order valence-electron chi connectivity index (χ3n) is 11.3. The molecule has 10 aromatic rings. The molecule has 246 valence electrons. The van der Waals surface area contributed by atoms with Gasteiger partial charge in [0.2, 0.25) is 0 Å². The average Bonchev–Trinajstić information content (AvgIpc) is 3.82. The van der Waals surface area contributed by atoms with Gasteiger partial charge in [0.05, 0.1) is 0 Å². The summed E-state index contributed by atoms with van der Waals surface area (Å²) >= 11 is 0. The van der Waals surface area contributed by atoms with Gasteiger partial charge in [-0.15, -0.1) is 0 Å². The summed E-state index contributed by atoms with van der Waals surface area (Å²) in [6.07, 6.45) is 0. The van der Waals surface area contributed by atoms with Gasteiger partial charge in [0, 0.05) is 50.2 Å². The largest absolute Gasteiger partial charge is 0.456 e. The van der Waals surface area contributed by atoms with Crippen molar-refractivity contribution in [2.45, 2.75) is 13.1 Å². The van der Waals surface area contributed by atoms with E-state index in [0.717, 1.165) is 50.2 Å². The van der Waals surface area contributed by atoms with Crippen LogP contribution in [-0.2, 0) is 0 Å². The highest BCUT2D eigenvalue weighted by atomic mass is 28.3. The first kappa shape index (κ1) is 29.4. The molecule has 0 bridgehead atoms. The van der Waals surface area contributed by atoms with Crippen LogP contribution in [0.1, 0.15) is 0 Å². The van der Waals surface area contributed by atoms with Crippen molar-refractivity contribution in [3.63, 3.8) is 0 Å². The Balaban J connectivity index is 1.08. The van der Waals surface area contributed by atoms with Crippen LogP contribution >= 0.6 is 0 Å². The van der Waals surface area contributed by atoms with Gasteiger partial charge in [-0.3, -0.25) is 0 Å². The van der Waals surface area contributed by atoms with Crippen molar-refractivity contribution in [2.24, 2.45) is 0 Å². The Morgan fingerprint density at radius 1 is 0.423 bits per heavy atom. The van der Waals surface area contributed by atoms with E-state index in [9.17, 15) is 0 Å². The molecule has 0 spiro atoms. The van der Waals surface area contributed by atoms with Crippen molar-refractivity contribution in [2.75, 3.05) is 4.90 Å². The molecule has 0 unspecified atom stereocenters. The van der Waals surface area contributed by atoms with Crippen LogP contribution in [0.4, 0.5) is 17.1 Å². The molecule has 2 aromatic heterocycles. The number of rotatable bonds is 4. The van der Waals surface area contributed by atoms with E-state index >= 15 is 0 Å². The molecule has 0 fully saturated rings. The molecule has 0 atom stereocenters. The highest BCUT2D eigenvalue weighted by Gasteiger charge is 2.40. The fraction of sp³-hybridized carbons (Fsp3) is 0.0417. The zero-order chi connectivity index (χ0) is 34.6. The maximum atomic E-state index is 6.60. The predicted molar refractivity (Wildman–Crippen MR) is 221 cm³/mol. The Hall–Kier alpha value is -6.36. The smallest absolute Gasteiger partial charge is 0.143 e. The minimum atomic E-state index is -2.07. The van der Waals surface area contributed by atoms with Gasteiger partial charge in [-0.25, -0.2) is 0 Å². The first-order valence-corrected chi connectivity index (χ1v) is 20.9. The molecule has 0 saturated carbocycles. The summed E-state index contributed by atoms with van der Waals surface area (Å²) < 4.78 is 13.0. The summed E-state index contributed by atoms with van der Waals surface area (Å²) in [6.45, 7) is 4.94. The molecule has 0 N–H and O–H groups in total. The van der Waals surface area contributed by atoms with Crippen molar-refractivity contribution in [3.8, 4) is 22.3 Å². The Kier molecular flexibility index (Phi) is 6.11. The third-order valence-corrected chi connectivity index (χ3v) is 14.8. The van der Waals surface area contributed by atoms with E-state index in [1.165, 1.54) is 54.2 Å². The van der Waals surface area contributed by atoms with Gasteiger partial charge in [-0.1, -0.05) is 116 Å². The lowest BCUT2D eigenvalue weighted by Crippen LogP contribution is -2.49. The molecule has 11 rings (SSSR count). The molecule has 1 aliphatic rings. The molecule has 0 radical (unpaired) electrons. The standard InChI is InChI=1S/C48H33NO2Si/c1-52(2)45-26-25-40-38-12-6-8-14-43(38)51-48(40)47(45)41-24-22-36(29-46(41)52)49(35-21-23-39-37-11-5-7-13-42(37)50-44(39)28-35)34-19-17-31(18-20-34)33-16-15-30-9-3-4-10-32(30)27-33/h3-29H,1-2H3. The predicted octanol–water partition coefficient (Wildman–Crippen LogP) is 12.6. The van der Waals surface area contributed by atoms with E-state index < -0.39 is 8.07 Å². The molecule has 0 aliphatic carbocycles. The van der Waals surface area contributed by atoms with E-state index in [-0.39, 0.29) is 0 Å². The number of fused-ring (bicyclic) bond motifs is 11. The van der Waals surface area contributed by atoms with Gasteiger partial charge in [0.25, 0.3) is 0 Å². The normalized spacial score (nSPS) is 13.3. The molecular formula is C48H33NO2Si. The van der Waals surface area contributed by atoms with E-state index in [4.69, 9.17) is 8.83 Å². The number of benzene rings is 8. The summed E-state index contributed by atoms with van der Waals surface area (Å²) in [6, 6.07) is 59.2. The van der Waals surface area contributed by atoms with Crippen molar-refractivity contribution < 1.29 is 8.83 Å². The first-order valence-electron chi connectivity index (χ1n) is 17.9. The lowest BCUT2D eigenvalue weighted by Gasteiger charge is -2.27. The van der Waals surface area contributed by atoms with Crippen LogP contribution in [0.25, 0.3) is 76.9 Å². The van der Waals surface area contributed by atoms with Crippen LogP contribution in [0.15, 0.2) is 173 Å². The van der Waals surface area contributed by atoms with Crippen LogP contribution in [-0.4, -0.2) is 8.07 Å². The number of para-hydroxylation sites is 2. The molecule has 0 saturated heterocycles. The van der Waals surface area contributed by atoms with Crippen molar-refractivity contribution in [1.82, 2.24) is 0 Å². The Morgan fingerprint density at radius 3 is 1.87 bits per heavy atom. The third kappa shape index (κ3) is 4.25. The second-order valence-electron chi connectivity index (χ2n) is 14.5. The summed E-state index contributed by atoms with van der Waals surface area (Å²) in [5.41, 5.74) is 12.0. The molecular weight excluding hydrogens is 651 g/mol. The highest BCUT2D eigenvalue weighted by molar-refractivity contribution is 7.04. The molecule has 3 nitrogen and oxygen atoms in total. The Labute approximate surface area is 302 Å². The molecule has 4 heteroatoms. The van der Waals surface area contributed by atoms with Crippen molar-refractivity contribution in [3.05, 3.63) is 164 Å². The fourth-order valence-corrected chi connectivity index (χ4v) is 11.7. The van der Waals surface area contributed by atoms with Gasteiger partial charge in [0.15, 0.2) is 0 Å². The number of nitrogens with zero attached hydrogens (tertiary/aromatic N) is 1. The summed E-state index contributed by atoms with van der Waals surface area (Å²) in [5, 5.41) is 9.97. The zero-order valence-electron chi connectivity index (χ0n) is 28.9. The average molecular weight is 684 g/mol. The van der Waals surface area contributed by atoms with Crippen molar-refractivity contribution >= 4 is 90.2 Å². The zero-order valence-corrected chi connectivity index (χ0v) is 29.9. The van der Waals surface area contributed by atoms with Gasteiger partial charge >= 0.3 is 0 Å². The molecule has 52 heavy (non-hydrogen) atoms. The topological polar surface area (TPSA) is 29.5 Å². The van der Waals surface area contributed by atoms with Crippen LogP contribution in [0, 0.1) is 0 Å². The van der Waals surface area contributed by atoms with Gasteiger partial charge in [0.1, 0.15) is 30.4 Å². The molecule has 1 aliphatic heterocycles. The number of hydrogen-bond donors (Lipinski definition) is 0. The lowest BCUT2D eigenvalue weighted by atomic mass is 10.0. The minimum Gasteiger partial charge on any atom is -0.456 e. The van der Waals surface area contributed by atoms with E-state index in [0.29, 0.717) is 0 Å². The summed E-state index contributed by atoms with van der Waals surface area (Å²) in [5.74, 6) is 0. The maximum Gasteiger partial charge on any atom is 0.143 e. The molecule has 8 aromatic carbocycles. The molecule has 0 amide bonds. The van der Waals surface area contributed by atoms with Gasteiger partial charge in [-0.05, 0) is 92.4 Å². The Bertz CT molecular complexity index is 3060. The van der Waals surface area contributed by atoms with E-state index in [2.05, 4.69) is 170 Å². The lowest BCUT2D eigenvalue weighted by molar-refractivity contribution is 0.669. The first-order chi connectivity index (χ1) is 25.5. The fourth-order valence-electron chi connectivity index (χ4n) is 8.60. The SMILES string of the molecule is C[Si]1(C)c2cc(N(c3ccc(-c4ccc5ccccc5c4)cc3)c3ccc4c(c3)oc3ccccc34)ccc2-c2c1ccc1c2oc2ccccc21. The number of anilines is 3. The monoisotopic (exact) mass is 683 g/mol. The van der Waals surface area contributed by atoms with E-state index in [1.807, 2.05) is 12.1 Å². The highest BCUT2D eigenvalue weighted by Crippen LogP contribution is 2.43. The minimum absolute atomic E-state index is 0.882. The van der Waals surface area contributed by atoms with Gasteiger partial charge < -0.3 is 13.7 Å². The van der Waals surface area contributed by atoms with Crippen molar-refractivity contribution in [1.29, 1.82) is 0 Å². The second-order valence-corrected chi connectivity index (χ2v) is 18.9. The number of furan rings is 2. The maximum absolute atomic E-state index is 6.60. The molecule has 3 heterocycles. The summed E-state index contributed by atoms with van der Waals surface area (Å²) in [4.78, 5) is 2.38.